The van der Waals surface area contributed by atoms with Crippen molar-refractivity contribution in [3.05, 3.63) is 29.8 Å². The van der Waals surface area contributed by atoms with E-state index < -0.39 is 0 Å². The molecule has 6 heteroatoms. The Kier molecular flexibility index (Phi) is 9.90. The molecule has 0 aromatic heterocycles. The minimum absolute atomic E-state index is 0.575. The fraction of sp³-hybridized carbons (Fsp3) is 0.650. The summed E-state index contributed by atoms with van der Waals surface area (Å²) in [4.78, 5) is 4.57. The van der Waals surface area contributed by atoms with Gasteiger partial charge in [0.05, 0.1) is 19.8 Å². The monoisotopic (exact) mass is 363 g/mol. The fourth-order valence-corrected chi connectivity index (χ4v) is 2.64. The largest absolute Gasteiger partial charge is 0.492 e. The lowest BCUT2D eigenvalue weighted by Gasteiger charge is -2.12. The van der Waals surface area contributed by atoms with Crippen LogP contribution in [0.25, 0.3) is 0 Å². The van der Waals surface area contributed by atoms with Gasteiger partial charge in [0.15, 0.2) is 5.96 Å². The average Bonchev–Trinajstić information content (AvgIpc) is 3.16. The number of guanidine groups is 1. The van der Waals surface area contributed by atoms with Crippen LogP contribution in [0, 0.1) is 12.8 Å². The summed E-state index contributed by atoms with van der Waals surface area (Å²) in [6.45, 7) is 10.3. The molecule has 1 unspecified atom stereocenters. The normalized spacial score (nSPS) is 17.3. The van der Waals surface area contributed by atoms with Crippen LogP contribution in [0.2, 0.25) is 0 Å². The van der Waals surface area contributed by atoms with Crippen molar-refractivity contribution in [2.45, 2.75) is 26.7 Å². The summed E-state index contributed by atoms with van der Waals surface area (Å²) in [6.07, 6.45) is 2.04. The molecule has 0 spiro atoms. The Bertz CT molecular complexity index is 514. The molecule has 2 rings (SSSR count). The Morgan fingerprint density at radius 2 is 2.08 bits per heavy atom. The van der Waals surface area contributed by atoms with Crippen LogP contribution in [0.4, 0.5) is 0 Å². The van der Waals surface area contributed by atoms with Crippen molar-refractivity contribution >= 4 is 5.96 Å². The van der Waals surface area contributed by atoms with Crippen LogP contribution >= 0.6 is 0 Å². The molecule has 1 aromatic rings. The minimum Gasteiger partial charge on any atom is -0.492 e. The molecule has 0 aliphatic carbocycles. The van der Waals surface area contributed by atoms with Crippen molar-refractivity contribution in [2.24, 2.45) is 10.9 Å². The summed E-state index contributed by atoms with van der Waals surface area (Å²) in [5.74, 6) is 2.29. The number of nitrogens with zero attached hydrogens (tertiary/aromatic N) is 1. The highest BCUT2D eigenvalue weighted by Gasteiger charge is 2.15. The zero-order chi connectivity index (χ0) is 18.5. The third kappa shape index (κ3) is 8.54. The zero-order valence-corrected chi connectivity index (χ0v) is 16.1. The van der Waals surface area contributed by atoms with Gasteiger partial charge in [0.25, 0.3) is 0 Å². The van der Waals surface area contributed by atoms with E-state index in [1.807, 2.05) is 12.1 Å². The lowest BCUT2D eigenvalue weighted by molar-refractivity contribution is 0.0893. The Labute approximate surface area is 157 Å². The predicted molar refractivity (Wildman–Crippen MR) is 105 cm³/mol. The van der Waals surface area contributed by atoms with Crippen LogP contribution in [-0.2, 0) is 9.47 Å². The molecule has 0 bridgehead atoms. The quantitative estimate of drug-likeness (QED) is 0.359. The number of hydrogen-bond acceptors (Lipinski definition) is 4. The molecule has 1 atom stereocenters. The van der Waals surface area contributed by atoms with Gasteiger partial charge in [0, 0.05) is 32.2 Å². The van der Waals surface area contributed by atoms with E-state index >= 15 is 0 Å². The summed E-state index contributed by atoms with van der Waals surface area (Å²) >= 11 is 0. The van der Waals surface area contributed by atoms with Crippen molar-refractivity contribution in [1.82, 2.24) is 10.6 Å². The molecule has 1 fully saturated rings. The first-order valence-electron chi connectivity index (χ1n) is 9.65. The van der Waals surface area contributed by atoms with Gasteiger partial charge in [0.2, 0.25) is 0 Å². The number of aryl methyl sites for hydroxylation is 1. The Hall–Kier alpha value is -1.79. The number of rotatable bonds is 11. The van der Waals surface area contributed by atoms with Crippen LogP contribution in [0.15, 0.2) is 29.3 Å². The second-order valence-corrected chi connectivity index (χ2v) is 6.51. The summed E-state index contributed by atoms with van der Waals surface area (Å²) < 4.78 is 16.8. The first-order valence-corrected chi connectivity index (χ1v) is 9.65. The van der Waals surface area contributed by atoms with Gasteiger partial charge in [0.1, 0.15) is 12.4 Å². The molecule has 1 aliphatic rings. The topological polar surface area (TPSA) is 64.1 Å². The maximum Gasteiger partial charge on any atom is 0.191 e. The summed E-state index contributed by atoms with van der Waals surface area (Å²) in [6, 6.07) is 8.09. The lowest BCUT2D eigenvalue weighted by Crippen LogP contribution is -2.39. The van der Waals surface area contributed by atoms with E-state index in [4.69, 9.17) is 14.2 Å². The van der Waals surface area contributed by atoms with E-state index in [9.17, 15) is 0 Å². The average molecular weight is 364 g/mol. The summed E-state index contributed by atoms with van der Waals surface area (Å²) in [5.41, 5.74) is 1.23. The molecule has 0 radical (unpaired) electrons. The van der Waals surface area contributed by atoms with Crippen molar-refractivity contribution in [3.63, 3.8) is 0 Å². The molecular formula is C20H33N3O3. The van der Waals surface area contributed by atoms with E-state index in [0.717, 1.165) is 64.1 Å². The van der Waals surface area contributed by atoms with Gasteiger partial charge in [-0.15, -0.1) is 0 Å². The van der Waals surface area contributed by atoms with Crippen molar-refractivity contribution < 1.29 is 14.2 Å². The number of benzene rings is 1. The Balaban J connectivity index is 1.55. The minimum atomic E-state index is 0.575. The van der Waals surface area contributed by atoms with Crippen LogP contribution in [0.3, 0.4) is 0 Å². The maximum atomic E-state index is 5.72. The van der Waals surface area contributed by atoms with Crippen LogP contribution in [0.1, 0.15) is 25.3 Å². The molecule has 6 nitrogen and oxygen atoms in total. The van der Waals surface area contributed by atoms with Crippen LogP contribution in [-0.4, -0.2) is 58.6 Å². The van der Waals surface area contributed by atoms with Gasteiger partial charge >= 0.3 is 0 Å². The van der Waals surface area contributed by atoms with E-state index in [2.05, 4.69) is 41.6 Å². The Morgan fingerprint density at radius 3 is 2.81 bits per heavy atom. The van der Waals surface area contributed by atoms with Gasteiger partial charge < -0.3 is 24.8 Å². The molecule has 1 aliphatic heterocycles. The molecule has 1 saturated heterocycles. The number of aliphatic imine (C=N–C) groups is 1. The molecular weight excluding hydrogens is 330 g/mol. The van der Waals surface area contributed by atoms with E-state index in [-0.39, 0.29) is 0 Å². The smallest absolute Gasteiger partial charge is 0.191 e. The van der Waals surface area contributed by atoms with E-state index in [0.29, 0.717) is 19.1 Å². The van der Waals surface area contributed by atoms with Crippen molar-refractivity contribution in [1.29, 1.82) is 0 Å². The van der Waals surface area contributed by atoms with Gasteiger partial charge in [-0.05, 0) is 38.8 Å². The predicted octanol–water partition coefficient (Wildman–Crippen LogP) is 2.37. The molecule has 2 N–H and O–H groups in total. The highest BCUT2D eigenvalue weighted by Crippen LogP contribution is 2.12. The molecule has 0 amide bonds. The third-order valence-corrected chi connectivity index (χ3v) is 4.12. The number of nitrogens with one attached hydrogen (secondary N) is 2. The molecule has 146 valence electrons. The molecule has 1 heterocycles. The van der Waals surface area contributed by atoms with Crippen LogP contribution in [0.5, 0.6) is 5.75 Å². The van der Waals surface area contributed by atoms with Gasteiger partial charge in [-0.3, -0.25) is 4.99 Å². The van der Waals surface area contributed by atoms with Crippen molar-refractivity contribution in [3.8, 4) is 5.75 Å². The van der Waals surface area contributed by atoms with E-state index in [1.54, 1.807) is 0 Å². The van der Waals surface area contributed by atoms with Crippen molar-refractivity contribution in [2.75, 3.05) is 52.7 Å². The highest BCUT2D eigenvalue weighted by atomic mass is 16.5. The second-order valence-electron chi connectivity index (χ2n) is 6.51. The van der Waals surface area contributed by atoms with Crippen LogP contribution < -0.4 is 15.4 Å². The fourth-order valence-electron chi connectivity index (χ4n) is 2.64. The van der Waals surface area contributed by atoms with E-state index in [1.165, 1.54) is 5.56 Å². The lowest BCUT2D eigenvalue weighted by atomic mass is 10.1. The summed E-state index contributed by atoms with van der Waals surface area (Å²) in [7, 11) is 0. The molecule has 1 aromatic carbocycles. The standard InChI is InChI=1S/C20H33N3O3/c1-3-21-20(22-10-4-12-24-15-18-9-13-25-16-18)23-11-14-26-19-7-5-17(2)6-8-19/h5-8,18H,3-4,9-16H2,1-2H3,(H2,21,22,23). The van der Waals surface area contributed by atoms with Gasteiger partial charge in [-0.1, -0.05) is 17.7 Å². The molecule has 0 saturated carbocycles. The summed E-state index contributed by atoms with van der Waals surface area (Å²) in [5, 5.41) is 6.54. The molecule has 26 heavy (non-hydrogen) atoms. The number of ether oxygens (including phenoxy) is 3. The first-order chi connectivity index (χ1) is 12.8. The van der Waals surface area contributed by atoms with Gasteiger partial charge in [-0.2, -0.15) is 0 Å². The van der Waals surface area contributed by atoms with Gasteiger partial charge in [-0.25, -0.2) is 0 Å². The number of hydrogen-bond donors (Lipinski definition) is 2. The SMILES string of the molecule is CCNC(=NCCCOCC1CCOC1)NCCOc1ccc(C)cc1. The first kappa shape index (κ1) is 20.5. The third-order valence-electron chi connectivity index (χ3n) is 4.12. The second kappa shape index (κ2) is 12.5. The zero-order valence-electron chi connectivity index (χ0n) is 16.1. The maximum absolute atomic E-state index is 5.72. The Morgan fingerprint density at radius 1 is 1.23 bits per heavy atom. The highest BCUT2D eigenvalue weighted by molar-refractivity contribution is 5.79.